The summed E-state index contributed by atoms with van der Waals surface area (Å²) in [6, 6.07) is 5.94. The molecule has 3 aromatic rings. The number of carbonyl (C=O) groups excluding carboxylic acids is 2. The molecule has 0 atom stereocenters. The van der Waals surface area contributed by atoms with Crippen LogP contribution in [0.15, 0.2) is 43.0 Å². The van der Waals surface area contributed by atoms with Gasteiger partial charge in [-0.1, -0.05) is 12.1 Å². The summed E-state index contributed by atoms with van der Waals surface area (Å²) in [7, 11) is 0. The van der Waals surface area contributed by atoms with Crippen molar-refractivity contribution in [2.75, 3.05) is 13.2 Å². The van der Waals surface area contributed by atoms with E-state index in [2.05, 4.69) is 9.97 Å². The number of esters is 2. The van der Waals surface area contributed by atoms with E-state index in [1.807, 2.05) is 4.57 Å². The molecule has 172 valence electrons. The molecule has 0 bridgehead atoms. The molecule has 10 nitrogen and oxygen atoms in total. The SMILES string of the molecule is CCOC(=O)c1c(C)nc(CCn2ccnc2)c(C(=O)OCC)c1-c1ccccc1[N+](=O)[O-]. The zero-order valence-electron chi connectivity index (χ0n) is 18.6. The lowest BCUT2D eigenvalue weighted by Gasteiger charge is -2.19. The first kappa shape index (κ1) is 23.6. The number of hydrogen-bond donors (Lipinski definition) is 0. The molecule has 2 heterocycles. The van der Waals surface area contributed by atoms with Crippen molar-refractivity contribution in [3.8, 4) is 11.1 Å². The smallest absolute Gasteiger partial charge is 0.340 e. The van der Waals surface area contributed by atoms with Gasteiger partial charge in [-0.25, -0.2) is 14.6 Å². The highest BCUT2D eigenvalue weighted by Gasteiger charge is 2.32. The highest BCUT2D eigenvalue weighted by atomic mass is 16.6. The predicted octanol–water partition coefficient (Wildman–Crippen LogP) is 3.76. The van der Waals surface area contributed by atoms with Gasteiger partial charge in [-0.3, -0.25) is 15.1 Å². The van der Waals surface area contributed by atoms with E-state index in [1.54, 1.807) is 45.6 Å². The normalized spacial score (nSPS) is 10.6. The predicted molar refractivity (Wildman–Crippen MR) is 119 cm³/mol. The Hall–Kier alpha value is -4.08. The van der Waals surface area contributed by atoms with Crippen LogP contribution < -0.4 is 0 Å². The number of hydrogen-bond acceptors (Lipinski definition) is 8. The Labute approximate surface area is 190 Å². The number of imidazole rings is 1. The van der Waals surface area contributed by atoms with Crippen molar-refractivity contribution >= 4 is 17.6 Å². The summed E-state index contributed by atoms with van der Waals surface area (Å²) in [4.78, 5) is 45.9. The van der Waals surface area contributed by atoms with Crippen molar-refractivity contribution < 1.29 is 24.0 Å². The number of benzene rings is 1. The molecule has 0 unspecified atom stereocenters. The number of aromatic nitrogens is 3. The first-order chi connectivity index (χ1) is 15.9. The number of ether oxygens (including phenoxy) is 2. The quantitative estimate of drug-likeness (QED) is 0.273. The lowest BCUT2D eigenvalue weighted by Crippen LogP contribution is -2.19. The maximum absolute atomic E-state index is 13.1. The molecule has 0 spiro atoms. The van der Waals surface area contributed by atoms with Gasteiger partial charge < -0.3 is 14.0 Å². The molecule has 0 fully saturated rings. The molecule has 0 N–H and O–H groups in total. The third-order valence-electron chi connectivity index (χ3n) is 4.95. The minimum absolute atomic E-state index is 0.000541. The van der Waals surface area contributed by atoms with Gasteiger partial charge in [-0.15, -0.1) is 0 Å². The monoisotopic (exact) mass is 452 g/mol. The van der Waals surface area contributed by atoms with E-state index < -0.39 is 16.9 Å². The van der Waals surface area contributed by atoms with Crippen LogP contribution in [-0.4, -0.2) is 44.6 Å². The van der Waals surface area contributed by atoms with Crippen LogP contribution in [0, 0.1) is 17.0 Å². The van der Waals surface area contributed by atoms with Gasteiger partial charge in [0.2, 0.25) is 0 Å². The highest BCUT2D eigenvalue weighted by Crippen LogP contribution is 2.38. The van der Waals surface area contributed by atoms with Gasteiger partial charge in [0, 0.05) is 37.0 Å². The fraction of sp³-hybridized carbons (Fsp3) is 0.304. The van der Waals surface area contributed by atoms with E-state index in [9.17, 15) is 19.7 Å². The maximum atomic E-state index is 13.1. The molecule has 0 radical (unpaired) electrons. The molecule has 0 saturated carbocycles. The first-order valence-electron chi connectivity index (χ1n) is 10.5. The number of nitro groups is 1. The van der Waals surface area contributed by atoms with Crippen molar-refractivity contribution in [1.82, 2.24) is 14.5 Å². The molecule has 10 heteroatoms. The largest absolute Gasteiger partial charge is 0.462 e. The van der Waals surface area contributed by atoms with E-state index in [0.717, 1.165) is 0 Å². The third kappa shape index (κ3) is 5.05. The zero-order valence-corrected chi connectivity index (χ0v) is 18.6. The zero-order chi connectivity index (χ0) is 24.0. The number of rotatable bonds is 9. The van der Waals surface area contributed by atoms with Crippen molar-refractivity contribution in [3.63, 3.8) is 0 Å². The number of carbonyl (C=O) groups is 2. The van der Waals surface area contributed by atoms with Crippen LogP contribution in [0.5, 0.6) is 0 Å². The number of aryl methyl sites for hydroxylation is 3. The number of para-hydroxylation sites is 1. The summed E-state index contributed by atoms with van der Waals surface area (Å²) in [5.41, 5.74) is 0.631. The van der Waals surface area contributed by atoms with Gasteiger partial charge in [-0.05, 0) is 26.8 Å². The van der Waals surface area contributed by atoms with E-state index in [4.69, 9.17) is 9.47 Å². The molecule has 0 aliphatic rings. The average Bonchev–Trinajstić information content (AvgIpc) is 3.31. The van der Waals surface area contributed by atoms with Gasteiger partial charge in [0.25, 0.3) is 5.69 Å². The standard InChI is InChI=1S/C23H24N4O6/c1-4-32-22(28)19-15(3)25-17(10-12-26-13-11-24-14-26)21(23(29)33-5-2)20(19)16-8-6-7-9-18(16)27(30)31/h6-9,11,13-14H,4-5,10,12H2,1-3H3. The van der Waals surface area contributed by atoms with Crippen molar-refractivity contribution in [2.45, 2.75) is 33.7 Å². The van der Waals surface area contributed by atoms with Gasteiger partial charge >= 0.3 is 11.9 Å². The van der Waals surface area contributed by atoms with Gasteiger partial charge in [-0.2, -0.15) is 0 Å². The van der Waals surface area contributed by atoms with E-state index in [1.165, 1.54) is 18.2 Å². The number of pyridine rings is 1. The highest BCUT2D eigenvalue weighted by molar-refractivity contribution is 6.08. The number of nitro benzene ring substituents is 1. The molecule has 0 saturated heterocycles. The van der Waals surface area contributed by atoms with E-state index in [0.29, 0.717) is 24.4 Å². The molecule has 0 amide bonds. The second-order valence-electron chi connectivity index (χ2n) is 7.03. The van der Waals surface area contributed by atoms with Gasteiger partial charge in [0.15, 0.2) is 0 Å². The minimum Gasteiger partial charge on any atom is -0.462 e. The van der Waals surface area contributed by atoms with Gasteiger partial charge in [0.1, 0.15) is 0 Å². The van der Waals surface area contributed by atoms with Crippen LogP contribution in [0.25, 0.3) is 11.1 Å². The van der Waals surface area contributed by atoms with Crippen LogP contribution in [0.2, 0.25) is 0 Å². The van der Waals surface area contributed by atoms with Crippen molar-refractivity contribution in [2.24, 2.45) is 0 Å². The van der Waals surface area contributed by atoms with E-state index >= 15 is 0 Å². The fourth-order valence-electron chi connectivity index (χ4n) is 3.59. The summed E-state index contributed by atoms with van der Waals surface area (Å²) in [5, 5.41) is 11.8. The average molecular weight is 452 g/mol. The summed E-state index contributed by atoms with van der Waals surface area (Å²) in [6.45, 7) is 5.54. The summed E-state index contributed by atoms with van der Waals surface area (Å²) < 4.78 is 12.3. The Kier molecular flexibility index (Phi) is 7.50. The molecule has 3 rings (SSSR count). The Morgan fingerprint density at radius 3 is 2.36 bits per heavy atom. The minimum atomic E-state index is -0.720. The summed E-state index contributed by atoms with van der Waals surface area (Å²) in [6.07, 6.45) is 5.34. The molecule has 1 aromatic carbocycles. The van der Waals surface area contributed by atoms with Crippen LogP contribution in [-0.2, 0) is 22.4 Å². The van der Waals surface area contributed by atoms with E-state index in [-0.39, 0.29) is 41.2 Å². The Morgan fingerprint density at radius 1 is 1.09 bits per heavy atom. The van der Waals surface area contributed by atoms with Crippen LogP contribution in [0.3, 0.4) is 0 Å². The maximum Gasteiger partial charge on any atom is 0.340 e. The molecular formula is C23H24N4O6. The summed E-state index contributed by atoms with van der Waals surface area (Å²) in [5.74, 6) is -1.44. The fourth-order valence-corrected chi connectivity index (χ4v) is 3.59. The Bertz CT molecular complexity index is 1170. The molecular weight excluding hydrogens is 428 g/mol. The van der Waals surface area contributed by atoms with Gasteiger partial charge in [0.05, 0.1) is 52.5 Å². The molecule has 2 aromatic heterocycles. The first-order valence-corrected chi connectivity index (χ1v) is 10.5. The molecule has 0 aliphatic heterocycles. The lowest BCUT2D eigenvalue weighted by molar-refractivity contribution is -0.384. The number of nitrogens with zero attached hydrogens (tertiary/aromatic N) is 4. The Balaban J connectivity index is 2.34. The lowest BCUT2D eigenvalue weighted by atomic mass is 9.90. The topological polar surface area (TPSA) is 126 Å². The molecule has 0 aliphatic carbocycles. The van der Waals surface area contributed by atoms with Crippen LogP contribution in [0.1, 0.15) is 46.0 Å². The van der Waals surface area contributed by atoms with Crippen molar-refractivity contribution in [1.29, 1.82) is 0 Å². The Morgan fingerprint density at radius 2 is 1.76 bits per heavy atom. The van der Waals surface area contributed by atoms with Crippen molar-refractivity contribution in [3.05, 3.63) is 75.6 Å². The van der Waals surface area contributed by atoms with Crippen LogP contribution in [0.4, 0.5) is 5.69 Å². The third-order valence-corrected chi connectivity index (χ3v) is 4.95. The summed E-state index contributed by atoms with van der Waals surface area (Å²) >= 11 is 0. The second-order valence-corrected chi connectivity index (χ2v) is 7.03. The molecule has 33 heavy (non-hydrogen) atoms. The van der Waals surface area contributed by atoms with Crippen LogP contribution >= 0.6 is 0 Å². The second kappa shape index (κ2) is 10.5.